The monoisotopic (exact) mass is 509 g/mol. The molecule has 4 N–H and O–H groups in total. The van der Waals surface area contributed by atoms with Crippen LogP contribution in [0.5, 0.6) is 0 Å². The van der Waals surface area contributed by atoms with Crippen molar-refractivity contribution in [2.75, 3.05) is 6.61 Å². The van der Waals surface area contributed by atoms with E-state index < -0.39 is 41.2 Å². The first-order valence-electron chi connectivity index (χ1n) is 7.18. The molecule has 132 valence electrons. The van der Waals surface area contributed by atoms with Crippen molar-refractivity contribution < 1.29 is 47.9 Å². The summed E-state index contributed by atoms with van der Waals surface area (Å²) in [7, 11) is 0. The third-order valence-corrected chi connectivity index (χ3v) is 7.46. The second-order valence-electron chi connectivity index (χ2n) is 7.34. The number of hydrogen-bond acceptors (Lipinski definition) is 7. The number of aliphatic hydroxyl groups excluding tert-OH is 3. The van der Waals surface area contributed by atoms with Crippen LogP contribution in [0.25, 0.3) is 0 Å². The summed E-state index contributed by atoms with van der Waals surface area (Å²) in [5, 5.41) is 32.5. The molecule has 0 saturated carbocycles. The Hall–Kier alpha value is 0.838. The van der Waals surface area contributed by atoms with Crippen LogP contribution in [0, 0.1) is 0 Å². The van der Waals surface area contributed by atoms with Gasteiger partial charge in [0.05, 0.1) is 0 Å². The molecule has 1 saturated heterocycles. The average Bonchev–Trinajstić information content (AvgIpc) is 2.25. The summed E-state index contributed by atoms with van der Waals surface area (Å²) in [5.74, 6) is 0. The van der Waals surface area contributed by atoms with E-state index in [1.165, 1.54) is 0 Å². The van der Waals surface area contributed by atoms with E-state index in [0.717, 1.165) is 18.8 Å². The van der Waals surface area contributed by atoms with Gasteiger partial charge in [0.2, 0.25) is 0 Å². The quantitative estimate of drug-likeness (QED) is 0.418. The molecule has 0 radical (unpaired) electrons. The van der Waals surface area contributed by atoms with Crippen LogP contribution < -0.4 is 5.09 Å². The Morgan fingerprint density at radius 3 is 1.86 bits per heavy atom. The first-order valence-corrected chi connectivity index (χ1v) is 12.7. The minimum atomic E-state index is -2.51. The molecule has 0 spiro atoms. The molecule has 1 fully saturated rings. The topological polar surface area (TPSA) is 100 Å². The van der Waals surface area contributed by atoms with Crippen molar-refractivity contribution in [3.8, 4) is 0 Å². The van der Waals surface area contributed by atoms with Crippen LogP contribution in [0.15, 0.2) is 0 Å². The van der Waals surface area contributed by atoms with Crippen molar-refractivity contribution in [1.29, 1.82) is 0 Å². The van der Waals surface area contributed by atoms with Gasteiger partial charge in [-0.05, 0) is 0 Å². The molecule has 1 aliphatic heterocycles. The summed E-state index contributed by atoms with van der Waals surface area (Å²) in [6.07, 6.45) is -4.47. The SMILES string of the molecule is CC(C)(C)O[P](=[W])(N[C@@H]1OC[C@@H](O)[C@H](O)[C@H]1O)OC(C)(C)C. The fourth-order valence-electron chi connectivity index (χ4n) is 1.87. The van der Waals surface area contributed by atoms with Gasteiger partial charge in [-0.15, -0.1) is 0 Å². The van der Waals surface area contributed by atoms with Gasteiger partial charge in [0.25, 0.3) is 0 Å². The van der Waals surface area contributed by atoms with Crippen molar-refractivity contribution in [3.05, 3.63) is 0 Å². The summed E-state index contributed by atoms with van der Waals surface area (Å²) >= 11 is 1.06. The summed E-state index contributed by atoms with van der Waals surface area (Å²) in [6.45, 7) is 11.5. The fourth-order valence-corrected chi connectivity index (χ4v) is 9.93. The van der Waals surface area contributed by atoms with Gasteiger partial charge in [-0.1, -0.05) is 0 Å². The third-order valence-electron chi connectivity index (χ3n) is 2.57. The Balaban J connectivity index is 2.91. The van der Waals surface area contributed by atoms with Gasteiger partial charge >= 0.3 is 142 Å². The van der Waals surface area contributed by atoms with Crippen LogP contribution in [0.3, 0.4) is 0 Å². The fraction of sp³-hybridized carbons (Fsp3) is 1.00. The first-order chi connectivity index (χ1) is 9.72. The molecule has 0 bridgehead atoms. The second-order valence-corrected chi connectivity index (χ2v) is 14.1. The van der Waals surface area contributed by atoms with Crippen molar-refractivity contribution in [1.82, 2.24) is 5.09 Å². The van der Waals surface area contributed by atoms with Crippen LogP contribution in [0.4, 0.5) is 0 Å². The molecular formula is C13H28NO6PW. The number of hydrogen-bond donors (Lipinski definition) is 4. The Kier molecular flexibility index (Phi) is 7.01. The van der Waals surface area contributed by atoms with E-state index in [1.54, 1.807) is 0 Å². The molecule has 1 aliphatic rings. The van der Waals surface area contributed by atoms with E-state index >= 15 is 0 Å². The molecule has 1 rings (SSSR count). The average molecular weight is 509 g/mol. The van der Waals surface area contributed by atoms with Crippen molar-refractivity contribution in [3.63, 3.8) is 0 Å². The van der Waals surface area contributed by atoms with Crippen molar-refractivity contribution in [2.24, 2.45) is 0 Å². The molecule has 0 unspecified atom stereocenters. The van der Waals surface area contributed by atoms with Crippen LogP contribution >= 0.6 is 5.50 Å². The molecule has 1 heterocycles. The standard InChI is InChI=1S/C13H28NO6P.W/c1-12(2,3)19-21(20-13(4,5)6)14-11-10(17)9(16)8(15)7-18-11;/h8-11,14-17H,7H2,1-6H3;/t8-,9+,10-,11-;/m1./s1. The zero-order valence-corrected chi connectivity index (χ0v) is 17.8. The predicted octanol–water partition coefficient (Wildman–Crippen LogP) is 0.870. The van der Waals surface area contributed by atoms with E-state index in [1.807, 2.05) is 41.5 Å². The number of ether oxygens (including phenoxy) is 1. The van der Waals surface area contributed by atoms with Crippen molar-refractivity contribution >= 4 is 5.50 Å². The predicted molar refractivity (Wildman–Crippen MR) is 79.5 cm³/mol. The van der Waals surface area contributed by atoms with Crippen molar-refractivity contribution in [2.45, 2.75) is 77.3 Å². The number of nitrogens with one attached hydrogen (secondary N) is 1. The minimum absolute atomic E-state index is 0.0593. The van der Waals surface area contributed by atoms with E-state index in [4.69, 9.17) is 13.8 Å². The van der Waals surface area contributed by atoms with Gasteiger partial charge in [-0.25, -0.2) is 0 Å². The molecule has 0 aromatic rings. The molecule has 0 amide bonds. The van der Waals surface area contributed by atoms with Gasteiger partial charge in [0, 0.05) is 0 Å². The Morgan fingerprint density at radius 1 is 1.00 bits per heavy atom. The zero-order chi connectivity index (χ0) is 17.3. The molecule has 0 aromatic carbocycles. The maximum absolute atomic E-state index is 10.1. The molecule has 4 atom stereocenters. The summed E-state index contributed by atoms with van der Waals surface area (Å²) in [6, 6.07) is 0. The van der Waals surface area contributed by atoms with E-state index in [2.05, 4.69) is 5.09 Å². The molecule has 22 heavy (non-hydrogen) atoms. The molecule has 9 heteroatoms. The summed E-state index contributed by atoms with van der Waals surface area (Å²) in [5.41, 5.74) is -3.39. The molecular weight excluding hydrogens is 481 g/mol. The zero-order valence-electron chi connectivity index (χ0n) is 13.9. The van der Waals surface area contributed by atoms with Gasteiger partial charge in [0.1, 0.15) is 0 Å². The number of rotatable bonds is 4. The van der Waals surface area contributed by atoms with Crippen LogP contribution in [-0.2, 0) is 32.6 Å². The van der Waals surface area contributed by atoms with Crippen LogP contribution in [-0.4, -0.2) is 57.7 Å². The van der Waals surface area contributed by atoms with E-state index in [9.17, 15) is 15.3 Å². The second kappa shape index (κ2) is 7.38. The normalized spacial score (nSPS) is 31.3. The Bertz CT molecular complexity index is 402. The van der Waals surface area contributed by atoms with Gasteiger partial charge in [-0.3, -0.25) is 0 Å². The Labute approximate surface area is 142 Å². The van der Waals surface area contributed by atoms with E-state index in [0.29, 0.717) is 0 Å². The third kappa shape index (κ3) is 6.76. The van der Waals surface area contributed by atoms with Gasteiger partial charge in [-0.2, -0.15) is 0 Å². The van der Waals surface area contributed by atoms with Gasteiger partial charge in [0.15, 0.2) is 0 Å². The Morgan fingerprint density at radius 2 is 1.45 bits per heavy atom. The van der Waals surface area contributed by atoms with E-state index in [-0.39, 0.29) is 6.61 Å². The molecule has 7 nitrogen and oxygen atoms in total. The molecule has 0 aliphatic carbocycles. The van der Waals surface area contributed by atoms with Crippen LogP contribution in [0.2, 0.25) is 0 Å². The summed E-state index contributed by atoms with van der Waals surface area (Å²) in [4.78, 5) is 0. The summed E-state index contributed by atoms with van der Waals surface area (Å²) < 4.78 is 17.6. The molecule has 0 aromatic heterocycles. The maximum atomic E-state index is 10.1. The van der Waals surface area contributed by atoms with Crippen LogP contribution in [0.1, 0.15) is 41.5 Å². The van der Waals surface area contributed by atoms with Gasteiger partial charge < -0.3 is 0 Å². The number of aliphatic hydroxyl groups is 3. The first kappa shape index (κ1) is 20.9.